The second kappa shape index (κ2) is 28.7. The minimum Gasteiger partial charge on any atom is -0.466 e. The van der Waals surface area contributed by atoms with E-state index in [1.165, 1.54) is 0 Å². The zero-order valence-corrected chi connectivity index (χ0v) is 19.7. The molecule has 0 heterocycles. The van der Waals surface area contributed by atoms with Gasteiger partial charge in [-0.25, -0.2) is 0 Å². The number of carbonyl (C=O) groups excluding carboxylic acids is 2. The molecule has 2 atom stereocenters. The zero-order valence-electron chi connectivity index (χ0n) is 18.2. The van der Waals surface area contributed by atoms with Crippen LogP contribution < -0.4 is 0 Å². The van der Waals surface area contributed by atoms with Crippen LogP contribution in [-0.4, -0.2) is 70.5 Å². The molecule has 0 rings (SSSR count). The topological polar surface area (TPSA) is 134 Å². The van der Waals surface area contributed by atoms with E-state index in [4.69, 9.17) is 20.4 Å². The predicted molar refractivity (Wildman–Crippen MR) is 105 cm³/mol. The number of aliphatic hydroxyl groups excluding tert-OH is 4. The van der Waals surface area contributed by atoms with Crippen molar-refractivity contribution in [2.45, 2.75) is 72.7 Å². The molecule has 0 saturated carbocycles. The molecule has 0 aromatic rings. The van der Waals surface area contributed by atoms with E-state index in [9.17, 15) is 9.59 Å². The Labute approximate surface area is 185 Å². The van der Waals surface area contributed by atoms with E-state index in [0.717, 1.165) is 12.8 Å². The second-order valence-corrected chi connectivity index (χ2v) is 6.04. The summed E-state index contributed by atoms with van der Waals surface area (Å²) in [7, 11) is 0. The maximum Gasteiger partial charge on any atom is 2.00 e. The summed E-state index contributed by atoms with van der Waals surface area (Å²) in [6.07, 6.45) is -1.12. The molecule has 0 aliphatic rings. The minimum atomic E-state index is -1.24. The predicted octanol–water partition coefficient (Wildman–Crippen LogP) is 1.29. The van der Waals surface area contributed by atoms with Gasteiger partial charge in [0.2, 0.25) is 0 Å². The van der Waals surface area contributed by atoms with Crippen LogP contribution in [0.1, 0.15) is 54.4 Å². The minimum absolute atomic E-state index is 0. The average molecular weight is 444 g/mol. The Morgan fingerprint density at radius 3 is 1.14 bits per heavy atom. The van der Waals surface area contributed by atoms with Gasteiger partial charge in [-0.15, -0.1) is 0 Å². The molecule has 2 unspecified atom stereocenters. The number of ether oxygens (including phenoxy) is 2. The maximum absolute atomic E-state index is 10.4. The molecule has 9 heteroatoms. The third-order valence-electron chi connectivity index (χ3n) is 1.81. The number of esters is 2. The van der Waals surface area contributed by atoms with Crippen LogP contribution in [0.2, 0.25) is 0 Å². The molecule has 0 bridgehead atoms. The van der Waals surface area contributed by atoms with Gasteiger partial charge in [-0.1, -0.05) is 27.7 Å². The quantitative estimate of drug-likeness (QED) is 0.262. The van der Waals surface area contributed by atoms with E-state index in [1.54, 1.807) is 13.8 Å². The van der Waals surface area contributed by atoms with Crippen molar-refractivity contribution >= 4 is 11.9 Å². The number of hydrogen-bond acceptors (Lipinski definition) is 8. The molecule has 0 aliphatic heterocycles. The van der Waals surface area contributed by atoms with Crippen LogP contribution in [0.3, 0.4) is 0 Å². The van der Waals surface area contributed by atoms with Gasteiger partial charge in [-0.3, -0.25) is 9.59 Å². The molecule has 0 spiro atoms. The molecule has 0 aliphatic carbocycles. The van der Waals surface area contributed by atoms with Gasteiger partial charge in [0.15, 0.2) is 0 Å². The van der Waals surface area contributed by atoms with Crippen LogP contribution in [0.4, 0.5) is 0 Å². The number of carbonyl (C=O) groups is 2. The standard InChI is InChI=1S/2C6H11O3.C4H10O.C3H8O.Ti/c2*1-3-4-9-6(8)5(2)7;1-4(2)3-5;1-3(2)4;/h2*5,7H,2-4H2,1H3;4-5H,3H2,1-2H3;3-4H,1-2H3;/q2*-1;;;+2. The van der Waals surface area contributed by atoms with Crippen molar-refractivity contribution in [1.82, 2.24) is 0 Å². The molecule has 0 aromatic heterocycles. The van der Waals surface area contributed by atoms with Gasteiger partial charge in [-0.05, 0) is 32.6 Å². The average Bonchev–Trinajstić information content (AvgIpc) is 2.57. The van der Waals surface area contributed by atoms with Crippen LogP contribution in [-0.2, 0) is 40.8 Å². The Hall–Kier alpha value is -0.506. The number of hydrogen-bond donors (Lipinski definition) is 4. The van der Waals surface area contributed by atoms with Crippen LogP contribution in [0, 0.1) is 19.8 Å². The number of aliphatic hydroxyl groups is 4. The summed E-state index contributed by atoms with van der Waals surface area (Å²) in [5.41, 5.74) is 0. The van der Waals surface area contributed by atoms with Gasteiger partial charge in [-0.2, -0.15) is 0 Å². The molecule has 0 saturated heterocycles. The monoisotopic (exact) mass is 444 g/mol. The normalized spacial score (nSPS) is 11.2. The molecule has 4 N–H and O–H groups in total. The molecule has 0 fully saturated rings. The van der Waals surface area contributed by atoms with Crippen molar-refractivity contribution < 1.29 is 61.2 Å². The fraction of sp³-hybridized carbons (Fsp3) is 0.789. The van der Waals surface area contributed by atoms with Crippen LogP contribution >= 0.6 is 0 Å². The molecule has 0 amide bonds. The van der Waals surface area contributed by atoms with Crippen molar-refractivity contribution in [1.29, 1.82) is 0 Å². The van der Waals surface area contributed by atoms with E-state index in [0.29, 0.717) is 25.7 Å². The molecule has 0 radical (unpaired) electrons. The van der Waals surface area contributed by atoms with Crippen molar-refractivity contribution in [3.8, 4) is 0 Å². The van der Waals surface area contributed by atoms with Crippen LogP contribution in [0.15, 0.2) is 0 Å². The van der Waals surface area contributed by atoms with Gasteiger partial charge in [0.1, 0.15) is 0 Å². The van der Waals surface area contributed by atoms with Crippen LogP contribution in [0.5, 0.6) is 0 Å². The summed E-state index contributed by atoms with van der Waals surface area (Å²) in [5.74, 6) is -0.872. The fourth-order valence-electron chi connectivity index (χ4n) is 0.598. The maximum atomic E-state index is 10.4. The van der Waals surface area contributed by atoms with E-state index in [1.807, 2.05) is 27.7 Å². The summed E-state index contributed by atoms with van der Waals surface area (Å²) in [4.78, 5) is 20.7. The summed E-state index contributed by atoms with van der Waals surface area (Å²) in [6, 6.07) is 0. The van der Waals surface area contributed by atoms with Crippen LogP contribution in [0.25, 0.3) is 0 Å². The van der Waals surface area contributed by atoms with Crippen molar-refractivity contribution in [3.05, 3.63) is 13.8 Å². The van der Waals surface area contributed by atoms with E-state index in [-0.39, 0.29) is 27.8 Å². The Morgan fingerprint density at radius 2 is 1.04 bits per heavy atom. The number of rotatable bonds is 7. The summed E-state index contributed by atoms with van der Waals surface area (Å²) < 4.78 is 9.00. The summed E-state index contributed by atoms with van der Waals surface area (Å²) in [6.45, 7) is 18.3. The summed E-state index contributed by atoms with van der Waals surface area (Å²) >= 11 is 0. The van der Waals surface area contributed by atoms with Gasteiger partial charge in [0.25, 0.3) is 0 Å². The van der Waals surface area contributed by atoms with Crippen molar-refractivity contribution in [2.24, 2.45) is 5.92 Å². The van der Waals surface area contributed by atoms with Gasteiger partial charge >= 0.3 is 33.7 Å². The first kappa shape index (κ1) is 38.1. The SMILES string of the molecule is CC(C)CO.CC(C)O.[CH2-]C(O)C(=O)OCCC.[CH2-]C(O)C(=O)OCCC.[Ti+2]. The van der Waals surface area contributed by atoms with E-state index >= 15 is 0 Å². The largest absolute Gasteiger partial charge is 2.00 e. The van der Waals surface area contributed by atoms with E-state index < -0.39 is 24.1 Å². The first-order valence-electron chi connectivity index (χ1n) is 9.01. The first-order chi connectivity index (χ1) is 12.4. The third kappa shape index (κ3) is 50.0. The first-order valence-corrected chi connectivity index (χ1v) is 9.01. The van der Waals surface area contributed by atoms with Crippen molar-refractivity contribution in [3.63, 3.8) is 0 Å². The fourth-order valence-corrected chi connectivity index (χ4v) is 0.598. The van der Waals surface area contributed by atoms with Gasteiger partial charge in [0.05, 0.1) is 13.2 Å². The van der Waals surface area contributed by atoms with Crippen molar-refractivity contribution in [2.75, 3.05) is 19.8 Å². The molecule has 8 nitrogen and oxygen atoms in total. The smallest absolute Gasteiger partial charge is 0.466 e. The molecule has 0 aromatic carbocycles. The molecular formula is C19H40O8Ti. The third-order valence-corrected chi connectivity index (χ3v) is 1.81. The Kier molecular flexibility index (Phi) is 39.1. The molecule has 168 valence electrons. The van der Waals surface area contributed by atoms with Gasteiger partial charge in [0, 0.05) is 24.9 Å². The molecular weight excluding hydrogens is 404 g/mol. The second-order valence-electron chi connectivity index (χ2n) is 6.04. The van der Waals surface area contributed by atoms with Gasteiger partial charge < -0.3 is 43.7 Å². The Balaban J connectivity index is -0.0000000875. The van der Waals surface area contributed by atoms with E-state index in [2.05, 4.69) is 23.3 Å². The Morgan fingerprint density at radius 1 is 0.821 bits per heavy atom. The molecule has 28 heavy (non-hydrogen) atoms. The Bertz CT molecular complexity index is 294. The zero-order chi connectivity index (χ0) is 22.4. The summed E-state index contributed by atoms with van der Waals surface area (Å²) in [5, 5.41) is 33.1.